The fourth-order valence-electron chi connectivity index (χ4n) is 5.12. The molecule has 0 radical (unpaired) electrons. The molecule has 0 aliphatic rings. The van der Waals surface area contributed by atoms with Crippen LogP contribution in [0.1, 0.15) is 22.3 Å². The fourth-order valence-corrected chi connectivity index (χ4v) is 6.57. The average Bonchev–Trinajstić information content (AvgIpc) is 3.06. The average molecular weight is 736 g/mol. The molecule has 0 saturated carbocycles. The molecule has 50 heavy (non-hydrogen) atoms. The maximum Gasteiger partial charge on any atom is 0.266 e. The molecule has 0 unspecified atom stereocenters. The van der Waals surface area contributed by atoms with Crippen LogP contribution in [0.25, 0.3) is 21.8 Å². The largest absolute Gasteiger partial charge is 0.491 e. The number of aromatic nitrogens is 1. The predicted octanol–water partition coefficient (Wildman–Crippen LogP) is 3.07. The zero-order valence-corrected chi connectivity index (χ0v) is 29.9. The summed E-state index contributed by atoms with van der Waals surface area (Å²) in [5.74, 6) is -0.625. The number of amides is 1. The van der Waals surface area contributed by atoms with Crippen molar-refractivity contribution < 1.29 is 59.2 Å². The number of rotatable bonds is 21. The molecule has 1 heterocycles. The van der Waals surface area contributed by atoms with Gasteiger partial charge in [-0.15, -0.1) is 0 Å². The second kappa shape index (κ2) is 18.4. The van der Waals surface area contributed by atoms with Gasteiger partial charge in [0.2, 0.25) is 11.0 Å². The Morgan fingerprint density at radius 1 is 0.720 bits per heavy atom. The zero-order valence-electron chi connectivity index (χ0n) is 28.3. The van der Waals surface area contributed by atoms with E-state index in [1.54, 1.807) is 67.3 Å². The van der Waals surface area contributed by atoms with Crippen LogP contribution in [0.3, 0.4) is 0 Å². The number of pyridine rings is 1. The van der Waals surface area contributed by atoms with E-state index in [1.807, 2.05) is 6.92 Å². The van der Waals surface area contributed by atoms with Gasteiger partial charge >= 0.3 is 0 Å². The van der Waals surface area contributed by atoms with Crippen molar-refractivity contribution in [3.8, 4) is 11.5 Å². The summed E-state index contributed by atoms with van der Waals surface area (Å²) in [6.07, 6.45) is 0.0508. The number of methoxy groups -OCH3 is 2. The van der Waals surface area contributed by atoms with Gasteiger partial charge in [0, 0.05) is 32.8 Å². The molecule has 0 saturated heterocycles. The molecule has 3 aromatic carbocycles. The normalized spacial score (nSPS) is 12.0. The third-order valence-electron chi connectivity index (χ3n) is 7.48. The smallest absolute Gasteiger partial charge is 0.266 e. The van der Waals surface area contributed by atoms with E-state index in [1.165, 1.54) is 12.1 Å². The first-order valence-electron chi connectivity index (χ1n) is 15.8. The highest BCUT2D eigenvalue weighted by Crippen LogP contribution is 2.31. The predicted molar refractivity (Wildman–Crippen MR) is 185 cm³/mol. The molecule has 0 fully saturated rings. The van der Waals surface area contributed by atoms with Crippen LogP contribution in [-0.4, -0.2) is 100 Å². The van der Waals surface area contributed by atoms with E-state index in [4.69, 9.17) is 28.4 Å². The monoisotopic (exact) mass is 735 g/mol. The highest BCUT2D eigenvalue weighted by molar-refractivity contribution is 7.90. The van der Waals surface area contributed by atoms with Crippen molar-refractivity contribution in [2.45, 2.75) is 24.8 Å². The number of carbonyl (C=O) groups is 1. The lowest BCUT2D eigenvalue weighted by Gasteiger charge is -2.15. The minimum atomic E-state index is -4.29. The highest BCUT2D eigenvalue weighted by Gasteiger charge is 2.28. The molecule has 0 aliphatic heterocycles. The van der Waals surface area contributed by atoms with Gasteiger partial charge in [-0.2, -0.15) is 13.0 Å². The number of benzene rings is 3. The lowest BCUT2D eigenvalue weighted by Crippen LogP contribution is -2.38. The van der Waals surface area contributed by atoms with Crippen molar-refractivity contribution in [1.29, 1.82) is 0 Å². The summed E-state index contributed by atoms with van der Waals surface area (Å²) in [6, 6.07) is 16.1. The summed E-state index contributed by atoms with van der Waals surface area (Å²) in [5.41, 5.74) is 1.87. The number of carbonyl (C=O) groups excluding carboxylic acids is 1. The number of fused-ring (bicyclic) bond motifs is 2. The van der Waals surface area contributed by atoms with Gasteiger partial charge < -0.3 is 28.4 Å². The lowest BCUT2D eigenvalue weighted by molar-refractivity contribution is -0.645. The Bertz CT molecular complexity index is 1890. The quantitative estimate of drug-likeness (QED) is 0.0555. The Balaban J connectivity index is 1.83. The molecule has 4 aromatic rings. The molecule has 2 N–H and O–H groups in total. The Labute approximate surface area is 292 Å². The molecule has 16 heteroatoms. The summed E-state index contributed by atoms with van der Waals surface area (Å²) in [4.78, 5) is 14.1. The maximum absolute atomic E-state index is 14.2. The van der Waals surface area contributed by atoms with Gasteiger partial charge in [-0.3, -0.25) is 9.35 Å². The van der Waals surface area contributed by atoms with Crippen LogP contribution < -0.4 is 18.8 Å². The fraction of sp³-hybridized carbons (Fsp3) is 0.412. The summed E-state index contributed by atoms with van der Waals surface area (Å²) in [5, 5.41) is 0.664. The van der Waals surface area contributed by atoms with E-state index in [9.17, 15) is 26.2 Å². The number of nitrogens with one attached hydrogen (secondary N) is 1. The van der Waals surface area contributed by atoms with Gasteiger partial charge in [-0.05, 0) is 43.3 Å². The van der Waals surface area contributed by atoms with E-state index < -0.39 is 31.8 Å². The van der Waals surface area contributed by atoms with Crippen molar-refractivity contribution in [3.63, 3.8) is 0 Å². The van der Waals surface area contributed by atoms with Crippen molar-refractivity contribution in [3.05, 3.63) is 71.8 Å². The standard InChI is InChI=1S/C34H42N2O12S2/c1-25-5-9-28(10-6-25)50(41,42)35-34(37)33-29-23-26(47-20-18-45-16-14-43-2)7-11-31(29)36(13-4-22-49(38,39)40)32-12-8-27(24-30(32)33)48-21-19-46-17-15-44-3/h5-12,23-24H,4,13-22H2,1-3H3,(H-,35,37,38,39,40)/p+1. The van der Waals surface area contributed by atoms with Gasteiger partial charge in [-0.1, -0.05) is 17.7 Å². The van der Waals surface area contributed by atoms with Crippen molar-refractivity contribution in [2.24, 2.45) is 0 Å². The molecule has 0 bridgehead atoms. The molecule has 0 spiro atoms. The van der Waals surface area contributed by atoms with Crippen LogP contribution in [0, 0.1) is 6.92 Å². The summed E-state index contributed by atoms with van der Waals surface area (Å²) in [6.45, 7) is 4.49. The van der Waals surface area contributed by atoms with Crippen LogP contribution >= 0.6 is 0 Å². The Morgan fingerprint density at radius 3 is 1.70 bits per heavy atom. The van der Waals surface area contributed by atoms with E-state index in [0.29, 0.717) is 59.7 Å². The van der Waals surface area contributed by atoms with Crippen LogP contribution in [0.2, 0.25) is 0 Å². The third-order valence-corrected chi connectivity index (χ3v) is 9.63. The molecule has 14 nitrogen and oxygen atoms in total. The maximum atomic E-state index is 14.2. The van der Waals surface area contributed by atoms with Gasteiger partial charge in [0.15, 0.2) is 6.54 Å². The molecule has 0 atom stereocenters. The summed E-state index contributed by atoms with van der Waals surface area (Å²) >= 11 is 0. The minimum absolute atomic E-state index is 0.0281. The second-order valence-corrected chi connectivity index (χ2v) is 14.4. The van der Waals surface area contributed by atoms with Crippen LogP contribution in [0.15, 0.2) is 65.6 Å². The molecular weight excluding hydrogens is 693 g/mol. The van der Waals surface area contributed by atoms with E-state index in [0.717, 1.165) is 5.56 Å². The number of ether oxygens (including phenoxy) is 6. The van der Waals surface area contributed by atoms with E-state index in [2.05, 4.69) is 4.72 Å². The van der Waals surface area contributed by atoms with E-state index in [-0.39, 0.29) is 49.9 Å². The van der Waals surface area contributed by atoms with Gasteiger partial charge in [0.1, 0.15) is 24.7 Å². The number of sulfonamides is 1. The highest BCUT2D eigenvalue weighted by atomic mass is 32.2. The second-order valence-electron chi connectivity index (χ2n) is 11.2. The SMILES string of the molecule is COCCOCCOc1ccc2c(c1)c(C(=O)NS(=O)(=O)c1ccc(C)cc1)c1cc(OCCOCCOC)ccc1[n+]2CCCS(=O)(=O)O. The molecule has 4 rings (SSSR count). The van der Waals surface area contributed by atoms with E-state index >= 15 is 0 Å². The van der Waals surface area contributed by atoms with Gasteiger partial charge in [0.05, 0.1) is 66.6 Å². The molecule has 1 amide bonds. The molecule has 1 aromatic heterocycles. The Morgan fingerprint density at radius 2 is 1.22 bits per heavy atom. The third kappa shape index (κ3) is 11.1. The summed E-state index contributed by atoms with van der Waals surface area (Å²) in [7, 11) is -5.40. The number of hydrogen-bond donors (Lipinski definition) is 2. The van der Waals surface area contributed by atoms with Gasteiger partial charge in [0.25, 0.3) is 26.0 Å². The van der Waals surface area contributed by atoms with Crippen molar-refractivity contribution >= 4 is 47.9 Å². The zero-order chi connectivity index (χ0) is 36.1. The number of hydrogen-bond acceptors (Lipinski definition) is 11. The number of nitrogens with zero attached hydrogens (tertiary/aromatic N) is 1. The first-order valence-corrected chi connectivity index (χ1v) is 18.9. The van der Waals surface area contributed by atoms with Crippen molar-refractivity contribution in [1.82, 2.24) is 4.72 Å². The van der Waals surface area contributed by atoms with Crippen molar-refractivity contribution in [2.75, 3.05) is 72.8 Å². The summed E-state index contributed by atoms with van der Waals surface area (Å²) < 4.78 is 96.2. The Kier molecular flexibility index (Phi) is 14.3. The molecule has 0 aliphatic carbocycles. The van der Waals surface area contributed by atoms with Crippen LogP contribution in [-0.2, 0) is 45.6 Å². The topological polar surface area (TPSA) is 177 Å². The Hall–Kier alpha value is -3.90. The first kappa shape index (κ1) is 38.9. The molecule has 272 valence electrons. The van der Waals surface area contributed by atoms with Crippen LogP contribution in [0.5, 0.6) is 11.5 Å². The molecular formula is C34H43N2O12S2+. The lowest BCUT2D eigenvalue weighted by atomic mass is 10.0. The van der Waals surface area contributed by atoms with Gasteiger partial charge in [-0.25, -0.2) is 13.1 Å². The first-order chi connectivity index (χ1) is 23.9. The van der Waals surface area contributed by atoms with Crippen LogP contribution in [0.4, 0.5) is 0 Å². The minimum Gasteiger partial charge on any atom is -0.491 e. The number of aryl methyl sites for hydroxylation is 2.